The van der Waals surface area contributed by atoms with Crippen LogP contribution >= 0.6 is 11.6 Å². The number of amides is 2. The molecule has 0 bridgehead atoms. The van der Waals surface area contributed by atoms with Gasteiger partial charge in [0, 0.05) is 42.5 Å². The van der Waals surface area contributed by atoms with Gasteiger partial charge in [-0.3, -0.25) is 14.3 Å². The number of halogens is 11. The van der Waals surface area contributed by atoms with Crippen LogP contribution in [0.2, 0.25) is 5.02 Å². The molecule has 3 heterocycles. The van der Waals surface area contributed by atoms with Gasteiger partial charge in [-0.25, -0.2) is 35.4 Å². The van der Waals surface area contributed by atoms with Crippen LogP contribution in [0.15, 0.2) is 48.7 Å². The Morgan fingerprint density at radius 3 is 2.21 bits per heavy atom. The first-order valence-corrected chi connectivity index (χ1v) is 25.4. The molecular formula is C45H41ClF10N6O9S2. The van der Waals surface area contributed by atoms with Gasteiger partial charge < -0.3 is 19.7 Å². The number of benzene rings is 2. The van der Waals surface area contributed by atoms with Gasteiger partial charge in [-0.1, -0.05) is 30.5 Å². The fourth-order valence-corrected chi connectivity index (χ4v) is 9.30. The molecule has 0 saturated carbocycles. The fraction of sp³-hybridized carbons (Fsp3) is 0.400. The lowest BCUT2D eigenvalue weighted by Crippen LogP contribution is -2.37. The second kappa shape index (κ2) is 20.1. The molecule has 73 heavy (non-hydrogen) atoms. The summed E-state index contributed by atoms with van der Waals surface area (Å²) < 4.78 is 202. The second-order valence-electron chi connectivity index (χ2n) is 17.6. The Morgan fingerprint density at radius 1 is 1.00 bits per heavy atom. The average Bonchev–Trinajstić information content (AvgIpc) is 3.87. The lowest BCUT2D eigenvalue weighted by atomic mass is 9.93. The highest BCUT2D eigenvalue weighted by Gasteiger charge is 2.52. The summed E-state index contributed by atoms with van der Waals surface area (Å²) in [6.07, 6.45) is -13.1. The van der Waals surface area contributed by atoms with Gasteiger partial charge in [0.2, 0.25) is 15.9 Å². The highest BCUT2D eigenvalue weighted by molar-refractivity contribution is 7.93. The Kier molecular flexibility index (Phi) is 15.4. The minimum Gasteiger partial charge on any atom is -0.481 e. The Labute approximate surface area is 414 Å². The summed E-state index contributed by atoms with van der Waals surface area (Å²) >= 11 is 6.59. The molecule has 2 atom stereocenters. The molecule has 0 aliphatic heterocycles. The Balaban J connectivity index is 1.64. The number of alkyl halides is 8. The third-order valence-electron chi connectivity index (χ3n) is 11.4. The normalized spacial score (nSPS) is 15.4. The Hall–Kier alpha value is -6.40. The van der Waals surface area contributed by atoms with Crippen molar-refractivity contribution < 1.29 is 85.0 Å². The first kappa shape index (κ1) is 55.9. The van der Waals surface area contributed by atoms with Crippen LogP contribution in [0.5, 0.6) is 0 Å². The minimum atomic E-state index is -5.17. The zero-order valence-electron chi connectivity index (χ0n) is 38.6. The van der Waals surface area contributed by atoms with Crippen molar-refractivity contribution in [3.8, 4) is 23.0 Å². The number of sulfone groups is 1. The lowest BCUT2D eigenvalue weighted by Gasteiger charge is -2.23. The topological polar surface area (TPSA) is 200 Å². The Morgan fingerprint density at radius 2 is 1.63 bits per heavy atom. The number of carboxylic acids is 1. The SMILES string of the molecule is C[C@H]1CC(F)(F)c2c1c(C(F)(F)F)cn2CC(=O)N[C@@H](Cc1cc(F)cc(F)c1)c1nc(C#CC(C)(C)S(C)(=O)=O)ccc1-c1ccc(Cl)c2c(N(C(=O)OCCCC(=O)O)S(C)(=O)=O)nn(CC(F)(F)F)c12. The number of hydrogen-bond acceptors (Lipinski definition) is 10. The van der Waals surface area contributed by atoms with Crippen molar-refractivity contribution in [2.45, 2.75) is 94.5 Å². The predicted octanol–water partition coefficient (Wildman–Crippen LogP) is 9.05. The van der Waals surface area contributed by atoms with E-state index in [0.717, 1.165) is 49.6 Å². The molecule has 1 aliphatic rings. The van der Waals surface area contributed by atoms with E-state index in [1.165, 1.54) is 13.8 Å². The molecule has 2 amide bonds. The van der Waals surface area contributed by atoms with Crippen LogP contribution in [0.1, 0.15) is 85.8 Å². The Bertz CT molecular complexity index is 3310. The van der Waals surface area contributed by atoms with Gasteiger partial charge in [-0.2, -0.15) is 44.5 Å². The molecule has 15 nitrogen and oxygen atoms in total. The molecule has 2 aromatic carbocycles. The fourth-order valence-electron chi connectivity index (χ4n) is 8.06. The number of carboxylic acid groups (broad SMARTS) is 1. The number of sulfonamides is 1. The van der Waals surface area contributed by atoms with E-state index in [1.54, 1.807) is 0 Å². The number of aromatic nitrogens is 4. The smallest absolute Gasteiger partial charge is 0.429 e. The van der Waals surface area contributed by atoms with E-state index in [-0.39, 0.29) is 32.2 Å². The van der Waals surface area contributed by atoms with Crippen molar-refractivity contribution in [1.29, 1.82) is 0 Å². The van der Waals surface area contributed by atoms with Crippen molar-refractivity contribution in [3.05, 3.63) is 99.1 Å². The van der Waals surface area contributed by atoms with E-state index in [0.29, 0.717) is 23.1 Å². The molecule has 0 spiro atoms. The van der Waals surface area contributed by atoms with Gasteiger partial charge in [0.25, 0.3) is 5.92 Å². The number of nitrogens with one attached hydrogen (secondary N) is 1. The standard InChI is InChI=1S/C45H41ClF10N6O9S2/c1-23-19-43(49,50)39-35(23)30(45(54,55)56)20-60(39)21-33(63)58-32(17-24-15-25(47)18-26(48)16-24)37-28(9-8-27(57-37)12-13-42(2,3)72(4,67)68)29-10-11-31(46)36-38(29)61(22-44(51,52)53)59-40(36)62(73(5,69)70)41(66)71-14-6-7-34(64)65/h8-11,15-16,18,20,23,32H,6-7,14,17,19,21-22H2,1-5H3,(H,58,63)(H,64,65)/t23-,32-/m0/s1. The first-order chi connectivity index (χ1) is 33.5. The van der Waals surface area contributed by atoms with Gasteiger partial charge in [-0.05, 0) is 80.0 Å². The van der Waals surface area contributed by atoms with Crippen LogP contribution in [0, 0.1) is 23.5 Å². The van der Waals surface area contributed by atoms with Gasteiger partial charge in [0.1, 0.15) is 35.2 Å². The first-order valence-electron chi connectivity index (χ1n) is 21.3. The van der Waals surface area contributed by atoms with Gasteiger partial charge in [-0.15, -0.1) is 0 Å². The van der Waals surface area contributed by atoms with Crippen molar-refractivity contribution in [2.75, 3.05) is 23.4 Å². The van der Waals surface area contributed by atoms with Gasteiger partial charge in [0.15, 0.2) is 15.7 Å². The minimum absolute atomic E-state index is 0.131. The summed E-state index contributed by atoms with van der Waals surface area (Å²) in [4.78, 5) is 43.2. The van der Waals surface area contributed by atoms with Crippen molar-refractivity contribution in [2.24, 2.45) is 0 Å². The molecule has 6 rings (SSSR count). The molecule has 1 aliphatic carbocycles. The summed E-state index contributed by atoms with van der Waals surface area (Å²) in [7, 11) is -8.83. The largest absolute Gasteiger partial charge is 0.481 e. The number of rotatable bonds is 15. The van der Waals surface area contributed by atoms with E-state index in [2.05, 4.69) is 27.2 Å². The molecule has 5 aromatic rings. The number of fused-ring (bicyclic) bond motifs is 2. The molecule has 0 radical (unpaired) electrons. The average molecular weight is 1100 g/mol. The second-order valence-corrected chi connectivity index (χ2v) is 22.4. The predicted molar refractivity (Wildman–Crippen MR) is 243 cm³/mol. The number of ether oxygens (including phenoxy) is 1. The highest BCUT2D eigenvalue weighted by atomic mass is 35.5. The molecule has 0 unspecified atom stereocenters. The maximum Gasteiger partial charge on any atom is 0.429 e. The van der Waals surface area contributed by atoms with Gasteiger partial charge >= 0.3 is 24.4 Å². The van der Waals surface area contributed by atoms with Crippen LogP contribution in [0.25, 0.3) is 22.0 Å². The van der Waals surface area contributed by atoms with Crippen molar-refractivity contribution >= 4 is 66.2 Å². The zero-order chi connectivity index (χ0) is 54.6. The number of hydrogen-bond donors (Lipinski definition) is 2. The molecule has 0 fully saturated rings. The third kappa shape index (κ3) is 12.5. The summed E-state index contributed by atoms with van der Waals surface area (Å²) in [5.74, 6) is -6.11. The van der Waals surface area contributed by atoms with Crippen LogP contribution < -0.4 is 9.62 Å². The molecular weight excluding hydrogens is 1060 g/mol. The summed E-state index contributed by atoms with van der Waals surface area (Å²) in [6, 6.07) is 4.60. The van der Waals surface area contributed by atoms with E-state index in [9.17, 15) is 66.3 Å². The van der Waals surface area contributed by atoms with Crippen LogP contribution in [-0.4, -0.2) is 89.3 Å². The number of pyridine rings is 1. The lowest BCUT2D eigenvalue weighted by molar-refractivity contribution is -0.142. The summed E-state index contributed by atoms with van der Waals surface area (Å²) in [6.45, 7) is -0.360. The van der Waals surface area contributed by atoms with E-state index >= 15 is 8.78 Å². The summed E-state index contributed by atoms with van der Waals surface area (Å²) in [5, 5.41) is 14.1. The molecule has 3 aromatic heterocycles. The molecule has 2 N–H and O–H groups in total. The van der Waals surface area contributed by atoms with E-state index < -0.39 is 173 Å². The van der Waals surface area contributed by atoms with Crippen LogP contribution in [-0.2, 0) is 65.8 Å². The summed E-state index contributed by atoms with van der Waals surface area (Å²) in [5.41, 5.74) is -5.81. The highest BCUT2D eigenvalue weighted by Crippen LogP contribution is 2.53. The van der Waals surface area contributed by atoms with Crippen LogP contribution in [0.4, 0.5) is 54.5 Å². The number of carbonyl (C=O) groups excluding carboxylic acids is 2. The number of nitrogens with zero attached hydrogens (tertiary/aromatic N) is 5. The molecule has 0 saturated heterocycles. The molecule has 28 heteroatoms. The maximum atomic E-state index is 15.4. The van der Waals surface area contributed by atoms with E-state index in [4.69, 9.17) is 21.4 Å². The van der Waals surface area contributed by atoms with Crippen molar-refractivity contribution in [3.63, 3.8) is 0 Å². The third-order valence-corrected chi connectivity index (χ3v) is 14.7. The number of aliphatic carboxylic acids is 1. The van der Waals surface area contributed by atoms with E-state index in [1.807, 2.05) is 0 Å². The molecule has 394 valence electrons. The maximum absolute atomic E-state index is 15.4. The van der Waals surface area contributed by atoms with Crippen LogP contribution in [0.3, 0.4) is 0 Å². The zero-order valence-corrected chi connectivity index (χ0v) is 41.0. The quantitative estimate of drug-likeness (QED) is 0.0576. The van der Waals surface area contributed by atoms with Gasteiger partial charge in [0.05, 0.1) is 51.8 Å². The van der Waals surface area contributed by atoms with Crippen molar-refractivity contribution in [1.82, 2.24) is 24.6 Å². The number of anilines is 1. The monoisotopic (exact) mass is 1100 g/mol. The number of carbonyl (C=O) groups is 3.